The normalized spacial score (nSPS) is 13.7. The minimum Gasteiger partial charge on any atom is -0.507 e. The standard InChI is InChI=1S/C52H54N2O4/c1-5-23-57-51-41-19-13-20-42(51)30-46-26-38(34-54-36(4)40-17-11-8-12-18-40)28-48(50(46)56)32-44-22-14-21-43(52(44)58-24-6-2)31-47-27-37(25-45(29-41)49(47)55)33-53-35(3)39-15-9-7-10-16-39/h7-22,25-28,33-36,55-56H,5-6,23-24,29-32H2,1-4H3/t35-,36-/m0/s1. The van der Waals surface area contributed by atoms with Gasteiger partial charge in [0.1, 0.15) is 23.0 Å². The number of nitrogens with zero attached hydrogens (tertiary/aromatic N) is 2. The molecule has 0 spiro atoms. The molecule has 0 saturated heterocycles. The maximum Gasteiger partial charge on any atom is 0.126 e. The van der Waals surface area contributed by atoms with Gasteiger partial charge in [-0.1, -0.05) is 111 Å². The highest BCUT2D eigenvalue weighted by molar-refractivity contribution is 5.82. The van der Waals surface area contributed by atoms with E-state index in [-0.39, 0.29) is 23.6 Å². The van der Waals surface area contributed by atoms with Gasteiger partial charge < -0.3 is 19.7 Å². The van der Waals surface area contributed by atoms with Gasteiger partial charge in [0.15, 0.2) is 0 Å². The number of hydrogen-bond donors (Lipinski definition) is 2. The monoisotopic (exact) mass is 770 g/mol. The van der Waals surface area contributed by atoms with E-state index in [0.29, 0.717) is 38.9 Å². The maximum absolute atomic E-state index is 12.1. The summed E-state index contributed by atoms with van der Waals surface area (Å²) < 4.78 is 13.1. The van der Waals surface area contributed by atoms with Crippen LogP contribution in [0, 0.1) is 0 Å². The summed E-state index contributed by atoms with van der Waals surface area (Å²) in [5.74, 6) is 2.09. The first-order valence-electron chi connectivity index (χ1n) is 20.6. The molecule has 0 saturated carbocycles. The molecular weight excluding hydrogens is 717 g/mol. The van der Waals surface area contributed by atoms with E-state index in [4.69, 9.17) is 19.5 Å². The molecular formula is C52H54N2O4. The Labute approximate surface area is 343 Å². The van der Waals surface area contributed by atoms with Crippen LogP contribution in [0.1, 0.15) is 119 Å². The summed E-state index contributed by atoms with van der Waals surface area (Å²) in [6, 6.07) is 41.1. The van der Waals surface area contributed by atoms with Crippen molar-refractivity contribution in [2.75, 3.05) is 13.2 Å². The van der Waals surface area contributed by atoms with E-state index in [0.717, 1.165) is 91.1 Å². The van der Waals surface area contributed by atoms with Crippen LogP contribution in [0.5, 0.6) is 23.0 Å². The van der Waals surface area contributed by atoms with E-state index in [1.807, 2.05) is 85.2 Å². The Balaban J connectivity index is 1.39. The lowest BCUT2D eigenvalue weighted by Crippen LogP contribution is -2.08. The van der Waals surface area contributed by atoms with Crippen LogP contribution >= 0.6 is 0 Å². The summed E-state index contributed by atoms with van der Waals surface area (Å²) in [7, 11) is 0. The molecule has 6 nitrogen and oxygen atoms in total. The van der Waals surface area contributed by atoms with Crippen LogP contribution in [-0.2, 0) is 25.7 Å². The Morgan fingerprint density at radius 2 is 0.810 bits per heavy atom. The molecule has 58 heavy (non-hydrogen) atoms. The number of phenolic OH excluding ortho intramolecular Hbond substituents is 2. The molecule has 0 fully saturated rings. The van der Waals surface area contributed by atoms with Crippen molar-refractivity contribution in [3.8, 4) is 23.0 Å². The van der Waals surface area contributed by atoms with Crippen molar-refractivity contribution >= 4 is 12.4 Å². The molecule has 0 aromatic heterocycles. The summed E-state index contributed by atoms with van der Waals surface area (Å²) in [5, 5.41) is 24.2. The molecule has 0 aliphatic heterocycles. The third-order valence-corrected chi connectivity index (χ3v) is 10.8. The number of rotatable bonds is 12. The SMILES string of the molecule is CCCOc1c2cccc1Cc1cc(C=N[C@@H](C)c3ccccc3)cc(c1O)Cc1cccc(c1OCCC)Cc1cc(C=N[C@@H](C)c3ccccc3)cc(c1O)C2. The fourth-order valence-corrected chi connectivity index (χ4v) is 7.73. The van der Waals surface area contributed by atoms with Gasteiger partial charge in [0, 0.05) is 38.1 Å². The molecule has 0 heterocycles. The number of fused-ring (bicyclic) bond motifs is 8. The molecule has 1 aliphatic carbocycles. The fraction of sp³-hybridized carbons (Fsp3) is 0.269. The van der Waals surface area contributed by atoms with Gasteiger partial charge in [-0.3, -0.25) is 9.98 Å². The lowest BCUT2D eigenvalue weighted by atomic mass is 9.90. The van der Waals surface area contributed by atoms with Crippen LogP contribution in [0.3, 0.4) is 0 Å². The van der Waals surface area contributed by atoms with Gasteiger partial charge in [-0.05, 0) is 118 Å². The molecule has 296 valence electrons. The molecule has 6 aromatic rings. The number of aliphatic imine (C=N–C) groups is 2. The Hall–Kier alpha value is -6.14. The van der Waals surface area contributed by atoms with E-state index in [1.54, 1.807) is 0 Å². The average Bonchev–Trinajstić information content (AvgIpc) is 3.24. The molecule has 7 rings (SSSR count). The zero-order valence-electron chi connectivity index (χ0n) is 34.1. The van der Waals surface area contributed by atoms with Crippen LogP contribution in [0.25, 0.3) is 0 Å². The highest BCUT2D eigenvalue weighted by atomic mass is 16.5. The predicted octanol–water partition coefficient (Wildman–Crippen LogP) is 11.7. The lowest BCUT2D eigenvalue weighted by Gasteiger charge is -2.21. The Kier molecular flexibility index (Phi) is 13.0. The van der Waals surface area contributed by atoms with E-state index in [2.05, 4.69) is 76.2 Å². The highest BCUT2D eigenvalue weighted by Gasteiger charge is 2.22. The smallest absolute Gasteiger partial charge is 0.126 e. The number of para-hydroxylation sites is 2. The molecule has 6 aromatic carbocycles. The van der Waals surface area contributed by atoms with Crippen LogP contribution in [-0.4, -0.2) is 35.9 Å². The Bertz CT molecular complexity index is 2130. The van der Waals surface area contributed by atoms with Crippen LogP contribution < -0.4 is 9.47 Å². The lowest BCUT2D eigenvalue weighted by molar-refractivity contribution is 0.311. The zero-order chi connectivity index (χ0) is 40.4. The third-order valence-electron chi connectivity index (χ3n) is 10.8. The summed E-state index contributed by atoms with van der Waals surface area (Å²) in [6.07, 6.45) is 7.32. The first kappa shape index (κ1) is 40.1. The van der Waals surface area contributed by atoms with Crippen LogP contribution in [0.2, 0.25) is 0 Å². The third kappa shape index (κ3) is 9.51. The largest absolute Gasteiger partial charge is 0.507 e. The van der Waals surface area contributed by atoms with Crippen molar-refractivity contribution in [2.24, 2.45) is 9.98 Å². The summed E-state index contributed by atoms with van der Waals surface area (Å²) in [4.78, 5) is 9.92. The molecule has 1 aliphatic rings. The minimum absolute atomic E-state index is 0.0310. The average molecular weight is 771 g/mol. The second-order valence-electron chi connectivity index (χ2n) is 15.3. The summed E-state index contributed by atoms with van der Waals surface area (Å²) >= 11 is 0. The van der Waals surface area contributed by atoms with Crippen molar-refractivity contribution in [3.05, 3.63) is 188 Å². The fourth-order valence-electron chi connectivity index (χ4n) is 7.73. The number of phenols is 2. The minimum atomic E-state index is -0.0310. The molecule has 8 bridgehead atoms. The number of benzene rings is 6. The van der Waals surface area contributed by atoms with Gasteiger partial charge in [-0.25, -0.2) is 0 Å². The summed E-state index contributed by atoms with van der Waals surface area (Å²) in [6.45, 7) is 9.48. The molecule has 0 unspecified atom stereocenters. The Morgan fingerprint density at radius 1 is 0.483 bits per heavy atom. The van der Waals surface area contributed by atoms with E-state index in [9.17, 15) is 10.2 Å². The quantitative estimate of drug-likeness (QED) is 0.121. The first-order chi connectivity index (χ1) is 28.3. The molecule has 0 amide bonds. The first-order valence-corrected chi connectivity index (χ1v) is 20.6. The van der Waals surface area contributed by atoms with Gasteiger partial charge in [-0.2, -0.15) is 0 Å². The van der Waals surface area contributed by atoms with Crippen LogP contribution in [0.4, 0.5) is 0 Å². The number of ether oxygens (including phenoxy) is 2. The second-order valence-corrected chi connectivity index (χ2v) is 15.3. The van der Waals surface area contributed by atoms with Crippen molar-refractivity contribution in [3.63, 3.8) is 0 Å². The molecule has 0 radical (unpaired) electrons. The summed E-state index contributed by atoms with van der Waals surface area (Å²) in [5.41, 5.74) is 11.1. The van der Waals surface area contributed by atoms with Gasteiger partial charge in [0.2, 0.25) is 0 Å². The Morgan fingerprint density at radius 3 is 1.12 bits per heavy atom. The van der Waals surface area contributed by atoms with E-state index >= 15 is 0 Å². The maximum atomic E-state index is 12.1. The zero-order valence-corrected chi connectivity index (χ0v) is 34.1. The van der Waals surface area contributed by atoms with E-state index in [1.165, 1.54) is 0 Å². The van der Waals surface area contributed by atoms with Crippen LogP contribution in [0.15, 0.2) is 131 Å². The van der Waals surface area contributed by atoms with Crippen molar-refractivity contribution < 1.29 is 19.7 Å². The van der Waals surface area contributed by atoms with Crippen molar-refractivity contribution in [1.29, 1.82) is 0 Å². The van der Waals surface area contributed by atoms with Gasteiger partial charge in [0.05, 0.1) is 25.3 Å². The van der Waals surface area contributed by atoms with E-state index < -0.39 is 0 Å². The van der Waals surface area contributed by atoms with Crippen molar-refractivity contribution in [2.45, 2.75) is 78.3 Å². The highest BCUT2D eigenvalue weighted by Crippen LogP contribution is 2.39. The van der Waals surface area contributed by atoms with Crippen molar-refractivity contribution in [1.82, 2.24) is 0 Å². The number of aromatic hydroxyl groups is 2. The van der Waals surface area contributed by atoms with Gasteiger partial charge >= 0.3 is 0 Å². The van der Waals surface area contributed by atoms with Gasteiger partial charge in [0.25, 0.3) is 0 Å². The second kappa shape index (κ2) is 18.9. The molecule has 2 N–H and O–H groups in total. The predicted molar refractivity (Wildman–Crippen MR) is 237 cm³/mol. The molecule has 6 heteroatoms. The molecule has 2 atom stereocenters. The topological polar surface area (TPSA) is 83.6 Å². The number of hydrogen-bond acceptors (Lipinski definition) is 6. The van der Waals surface area contributed by atoms with Gasteiger partial charge in [-0.15, -0.1) is 0 Å².